The van der Waals surface area contributed by atoms with E-state index in [0.717, 1.165) is 38.3 Å². The van der Waals surface area contributed by atoms with Crippen LogP contribution < -0.4 is 0 Å². The average Bonchev–Trinajstić information content (AvgIpc) is 2.92. The number of nitrogens with one attached hydrogen (secondary N) is 1. The van der Waals surface area contributed by atoms with Gasteiger partial charge in [0.2, 0.25) is 0 Å². The van der Waals surface area contributed by atoms with Crippen molar-refractivity contribution in [3.05, 3.63) is 59.8 Å². The number of rotatable bonds is 1. The molecule has 4 aromatic rings. The second-order valence-electron chi connectivity index (χ2n) is 4.62. The van der Waals surface area contributed by atoms with Crippen molar-refractivity contribution in [2.75, 3.05) is 0 Å². The maximum absolute atomic E-state index is 5.92. The quantitative estimate of drug-likeness (QED) is 0.560. The zero-order valence-electron chi connectivity index (χ0n) is 10.5. The predicted molar refractivity (Wildman–Crippen MR) is 81.8 cm³/mol. The summed E-state index contributed by atoms with van der Waals surface area (Å²) in [5.41, 5.74) is 3.92. The number of aromatic nitrogens is 3. The maximum Gasteiger partial charge on any atom is 0.138 e. The van der Waals surface area contributed by atoms with Gasteiger partial charge in [0.25, 0.3) is 0 Å². The Morgan fingerprint density at radius 2 is 1.80 bits per heavy atom. The van der Waals surface area contributed by atoms with Gasteiger partial charge in [-0.05, 0) is 48.5 Å². The van der Waals surface area contributed by atoms with Crippen molar-refractivity contribution in [1.82, 2.24) is 15.0 Å². The summed E-state index contributed by atoms with van der Waals surface area (Å²) in [7, 11) is 0. The number of imidazole rings is 1. The normalized spacial score (nSPS) is 11.2. The Labute approximate surface area is 120 Å². The number of pyridine rings is 1. The summed E-state index contributed by atoms with van der Waals surface area (Å²) in [5.74, 6) is 0.841. The molecular formula is C16H10ClN3. The van der Waals surface area contributed by atoms with Crippen LogP contribution in [0, 0.1) is 0 Å². The van der Waals surface area contributed by atoms with Gasteiger partial charge in [-0.25, -0.2) is 4.98 Å². The first-order chi connectivity index (χ1) is 9.81. The molecule has 2 aromatic carbocycles. The molecule has 20 heavy (non-hydrogen) atoms. The van der Waals surface area contributed by atoms with Crippen molar-refractivity contribution >= 4 is 33.5 Å². The van der Waals surface area contributed by atoms with E-state index in [0.29, 0.717) is 0 Å². The van der Waals surface area contributed by atoms with E-state index in [-0.39, 0.29) is 0 Å². The van der Waals surface area contributed by atoms with Crippen LogP contribution in [-0.4, -0.2) is 15.0 Å². The summed E-state index contributed by atoms with van der Waals surface area (Å²) >= 11 is 5.92. The first-order valence-corrected chi connectivity index (χ1v) is 6.68. The van der Waals surface area contributed by atoms with Crippen LogP contribution in [0.2, 0.25) is 5.02 Å². The molecule has 3 nitrogen and oxygen atoms in total. The molecular weight excluding hydrogens is 270 g/mol. The van der Waals surface area contributed by atoms with E-state index in [4.69, 9.17) is 16.6 Å². The molecule has 0 bridgehead atoms. The summed E-state index contributed by atoms with van der Waals surface area (Å²) in [4.78, 5) is 12.4. The van der Waals surface area contributed by atoms with Gasteiger partial charge in [-0.1, -0.05) is 11.6 Å². The zero-order valence-corrected chi connectivity index (χ0v) is 11.2. The van der Waals surface area contributed by atoms with Crippen LogP contribution >= 0.6 is 11.6 Å². The summed E-state index contributed by atoms with van der Waals surface area (Å²) in [6, 6.07) is 15.6. The molecule has 0 spiro atoms. The first kappa shape index (κ1) is 11.4. The minimum absolute atomic E-state index is 0.722. The van der Waals surface area contributed by atoms with Crippen LogP contribution in [0.15, 0.2) is 54.7 Å². The number of hydrogen-bond donors (Lipinski definition) is 1. The Bertz CT molecular complexity index is 910. The van der Waals surface area contributed by atoms with Gasteiger partial charge >= 0.3 is 0 Å². The third-order valence-electron chi connectivity index (χ3n) is 3.35. The monoisotopic (exact) mass is 279 g/mol. The summed E-state index contributed by atoms with van der Waals surface area (Å²) < 4.78 is 0. The van der Waals surface area contributed by atoms with Crippen LogP contribution in [0.25, 0.3) is 33.3 Å². The number of H-pyrrole nitrogens is 1. The van der Waals surface area contributed by atoms with Crippen molar-refractivity contribution < 1.29 is 0 Å². The number of nitrogens with zero attached hydrogens (tertiary/aromatic N) is 2. The van der Waals surface area contributed by atoms with Gasteiger partial charge in [-0.3, -0.25) is 4.98 Å². The summed E-state index contributed by atoms with van der Waals surface area (Å²) in [6.45, 7) is 0. The highest BCUT2D eigenvalue weighted by molar-refractivity contribution is 6.30. The largest absolute Gasteiger partial charge is 0.338 e. The molecule has 2 aromatic heterocycles. The van der Waals surface area contributed by atoms with Gasteiger partial charge in [0.1, 0.15) is 5.82 Å². The molecule has 1 N–H and O–H groups in total. The Balaban J connectivity index is 1.98. The topological polar surface area (TPSA) is 41.6 Å². The number of fused-ring (bicyclic) bond motifs is 3. The Morgan fingerprint density at radius 3 is 2.65 bits per heavy atom. The molecule has 0 saturated heterocycles. The summed E-state index contributed by atoms with van der Waals surface area (Å²) in [5, 5.41) is 1.78. The highest BCUT2D eigenvalue weighted by Crippen LogP contribution is 2.26. The second kappa shape index (κ2) is 4.32. The minimum atomic E-state index is 0.722. The standard InChI is InChI=1S/C16H10ClN3/c17-11-5-3-10(4-6-11)16-19-14-8-7-13-12(15(14)20-16)2-1-9-18-13/h1-9H,(H,19,20). The molecule has 0 atom stereocenters. The highest BCUT2D eigenvalue weighted by atomic mass is 35.5. The Morgan fingerprint density at radius 1 is 0.950 bits per heavy atom. The lowest BCUT2D eigenvalue weighted by Crippen LogP contribution is -1.79. The van der Waals surface area contributed by atoms with Crippen molar-refractivity contribution in [1.29, 1.82) is 0 Å². The third-order valence-corrected chi connectivity index (χ3v) is 3.60. The maximum atomic E-state index is 5.92. The Kier molecular flexibility index (Phi) is 2.47. The molecule has 0 aliphatic heterocycles. The minimum Gasteiger partial charge on any atom is -0.338 e. The fraction of sp³-hybridized carbons (Fsp3) is 0. The van der Waals surface area contributed by atoms with E-state index in [1.807, 2.05) is 48.5 Å². The van der Waals surface area contributed by atoms with Crippen LogP contribution in [0.3, 0.4) is 0 Å². The molecule has 0 amide bonds. The van der Waals surface area contributed by atoms with E-state index in [2.05, 4.69) is 9.97 Å². The van der Waals surface area contributed by atoms with E-state index in [1.54, 1.807) is 6.20 Å². The van der Waals surface area contributed by atoms with Crippen LogP contribution in [0.1, 0.15) is 0 Å². The molecule has 96 valence electrons. The number of benzene rings is 2. The van der Waals surface area contributed by atoms with Crippen LogP contribution in [-0.2, 0) is 0 Å². The van der Waals surface area contributed by atoms with E-state index in [1.165, 1.54) is 0 Å². The second-order valence-corrected chi connectivity index (χ2v) is 5.06. The molecule has 0 saturated carbocycles. The number of aromatic amines is 1. The predicted octanol–water partition coefficient (Wildman–Crippen LogP) is 4.43. The SMILES string of the molecule is Clc1ccc(-c2nc3c(ccc4ncccc43)[nH]2)cc1. The molecule has 4 rings (SSSR count). The zero-order chi connectivity index (χ0) is 13.5. The van der Waals surface area contributed by atoms with Gasteiger partial charge in [-0.2, -0.15) is 0 Å². The van der Waals surface area contributed by atoms with Crippen molar-refractivity contribution in [3.63, 3.8) is 0 Å². The fourth-order valence-electron chi connectivity index (χ4n) is 2.37. The van der Waals surface area contributed by atoms with Crippen LogP contribution in [0.4, 0.5) is 0 Å². The van der Waals surface area contributed by atoms with Gasteiger partial charge < -0.3 is 4.98 Å². The van der Waals surface area contributed by atoms with Gasteiger partial charge in [0.15, 0.2) is 0 Å². The van der Waals surface area contributed by atoms with Crippen molar-refractivity contribution in [2.45, 2.75) is 0 Å². The van der Waals surface area contributed by atoms with E-state index < -0.39 is 0 Å². The molecule has 0 aliphatic carbocycles. The summed E-state index contributed by atoms with van der Waals surface area (Å²) in [6.07, 6.45) is 1.79. The highest BCUT2D eigenvalue weighted by Gasteiger charge is 2.08. The smallest absolute Gasteiger partial charge is 0.138 e. The molecule has 0 radical (unpaired) electrons. The average molecular weight is 280 g/mol. The lowest BCUT2D eigenvalue weighted by Gasteiger charge is -1.96. The first-order valence-electron chi connectivity index (χ1n) is 6.31. The van der Waals surface area contributed by atoms with E-state index in [9.17, 15) is 0 Å². The fourth-order valence-corrected chi connectivity index (χ4v) is 2.50. The number of halogens is 1. The van der Waals surface area contributed by atoms with Gasteiger partial charge in [0.05, 0.1) is 16.6 Å². The van der Waals surface area contributed by atoms with E-state index >= 15 is 0 Å². The van der Waals surface area contributed by atoms with Crippen molar-refractivity contribution in [3.8, 4) is 11.4 Å². The van der Waals surface area contributed by atoms with Gasteiger partial charge in [-0.15, -0.1) is 0 Å². The Hall–Kier alpha value is -2.39. The van der Waals surface area contributed by atoms with Gasteiger partial charge in [0, 0.05) is 22.2 Å². The molecule has 4 heteroatoms. The van der Waals surface area contributed by atoms with Crippen LogP contribution in [0.5, 0.6) is 0 Å². The lowest BCUT2D eigenvalue weighted by atomic mass is 10.2. The molecule has 0 unspecified atom stereocenters. The number of hydrogen-bond acceptors (Lipinski definition) is 2. The van der Waals surface area contributed by atoms with Crippen molar-refractivity contribution in [2.24, 2.45) is 0 Å². The lowest BCUT2D eigenvalue weighted by molar-refractivity contribution is 1.34. The molecule has 0 aliphatic rings. The third kappa shape index (κ3) is 1.75. The molecule has 0 fully saturated rings. The molecule has 2 heterocycles.